The molecule has 1 amide bonds. The van der Waals surface area contributed by atoms with E-state index in [4.69, 9.17) is 23.2 Å². The van der Waals surface area contributed by atoms with Gasteiger partial charge < -0.3 is 15.2 Å². The van der Waals surface area contributed by atoms with Crippen molar-refractivity contribution < 1.29 is 14.7 Å². The quantitative estimate of drug-likeness (QED) is 0.859. The van der Waals surface area contributed by atoms with Crippen molar-refractivity contribution in [1.29, 1.82) is 0 Å². The van der Waals surface area contributed by atoms with Gasteiger partial charge in [0, 0.05) is 16.9 Å². The van der Waals surface area contributed by atoms with Crippen LogP contribution in [0.25, 0.3) is 0 Å². The first-order valence-electron chi connectivity index (χ1n) is 6.91. The maximum absolute atomic E-state index is 12.5. The van der Waals surface area contributed by atoms with Gasteiger partial charge in [0.25, 0.3) is 0 Å². The Morgan fingerprint density at radius 2 is 1.73 bits per heavy atom. The summed E-state index contributed by atoms with van der Waals surface area (Å²) < 4.78 is 0. The van der Waals surface area contributed by atoms with E-state index in [1.54, 1.807) is 12.1 Å². The highest BCUT2D eigenvalue weighted by molar-refractivity contribution is 6.36. The van der Waals surface area contributed by atoms with Crippen LogP contribution < -0.4 is 10.4 Å². The number of allylic oxidation sites excluding steroid dienone is 2. The minimum Gasteiger partial charge on any atom is -0.550 e. The second-order valence-corrected chi connectivity index (χ2v) is 6.46. The molecule has 1 N–H and O–H groups in total. The second kappa shape index (κ2) is 6.71. The molecule has 0 unspecified atom stereocenters. The first-order chi connectivity index (χ1) is 10.3. The van der Waals surface area contributed by atoms with Gasteiger partial charge in [0.05, 0.1) is 16.6 Å². The third-order valence-corrected chi connectivity index (χ3v) is 4.64. The Hall–Kier alpha value is -1.52. The second-order valence-electron chi connectivity index (χ2n) is 5.61. The van der Waals surface area contributed by atoms with Crippen LogP contribution in [0, 0.1) is 11.8 Å². The Balaban J connectivity index is 2.21. The predicted molar refractivity (Wildman–Crippen MR) is 84.7 cm³/mol. The number of nitrogens with one attached hydrogen (secondary N) is 1. The lowest BCUT2D eigenvalue weighted by atomic mass is 9.76. The molecule has 6 heteroatoms. The van der Waals surface area contributed by atoms with Crippen LogP contribution in [0.15, 0.2) is 29.3 Å². The van der Waals surface area contributed by atoms with Gasteiger partial charge in [0.2, 0.25) is 5.91 Å². The SMILES string of the molecule is CC1=C(C)C[C@H](C(=O)Nc2ccc(Cl)cc2Cl)[C@@H](C(=O)[O-])C1. The van der Waals surface area contributed by atoms with E-state index in [0.29, 0.717) is 28.6 Å². The number of benzene rings is 1. The number of carbonyl (C=O) groups is 2. The van der Waals surface area contributed by atoms with Crippen LogP contribution in [0.4, 0.5) is 5.69 Å². The molecule has 0 saturated carbocycles. The molecule has 1 aromatic rings. The van der Waals surface area contributed by atoms with Gasteiger partial charge in [-0.25, -0.2) is 0 Å². The lowest BCUT2D eigenvalue weighted by Gasteiger charge is -2.32. The van der Waals surface area contributed by atoms with E-state index in [9.17, 15) is 14.7 Å². The average molecular weight is 341 g/mol. The minimum atomic E-state index is -1.20. The van der Waals surface area contributed by atoms with Gasteiger partial charge in [-0.3, -0.25) is 4.79 Å². The molecule has 2 rings (SSSR count). The molecule has 118 valence electrons. The molecule has 0 bridgehead atoms. The van der Waals surface area contributed by atoms with Crippen LogP contribution in [0.5, 0.6) is 0 Å². The summed E-state index contributed by atoms with van der Waals surface area (Å²) in [5.74, 6) is -3.06. The monoisotopic (exact) mass is 340 g/mol. The zero-order valence-corrected chi connectivity index (χ0v) is 13.8. The number of hydrogen-bond donors (Lipinski definition) is 1. The van der Waals surface area contributed by atoms with Crippen LogP contribution in [0.2, 0.25) is 10.0 Å². The summed E-state index contributed by atoms with van der Waals surface area (Å²) in [5.41, 5.74) is 2.46. The Labute approximate surface area is 139 Å². The number of hydrogen-bond acceptors (Lipinski definition) is 3. The topological polar surface area (TPSA) is 69.2 Å². The fraction of sp³-hybridized carbons (Fsp3) is 0.375. The lowest BCUT2D eigenvalue weighted by Crippen LogP contribution is -2.42. The summed E-state index contributed by atoms with van der Waals surface area (Å²) in [5, 5.41) is 14.8. The average Bonchev–Trinajstić information content (AvgIpc) is 2.44. The summed E-state index contributed by atoms with van der Waals surface area (Å²) in [4.78, 5) is 23.8. The molecule has 0 spiro atoms. The number of rotatable bonds is 3. The smallest absolute Gasteiger partial charge is 0.228 e. The van der Waals surface area contributed by atoms with Gasteiger partial charge in [-0.1, -0.05) is 34.3 Å². The van der Waals surface area contributed by atoms with Crippen molar-refractivity contribution >= 4 is 40.8 Å². The predicted octanol–water partition coefficient (Wildman–Crippen LogP) is 3.04. The Morgan fingerprint density at radius 1 is 1.14 bits per heavy atom. The number of carboxylic acids is 1. The lowest BCUT2D eigenvalue weighted by molar-refractivity contribution is -0.313. The van der Waals surface area contributed by atoms with Crippen molar-refractivity contribution in [2.24, 2.45) is 11.8 Å². The fourth-order valence-electron chi connectivity index (χ4n) is 2.63. The molecule has 0 fully saturated rings. The van der Waals surface area contributed by atoms with Crippen molar-refractivity contribution in [1.82, 2.24) is 0 Å². The Morgan fingerprint density at radius 3 is 2.27 bits per heavy atom. The van der Waals surface area contributed by atoms with Crippen molar-refractivity contribution in [3.05, 3.63) is 39.4 Å². The standard InChI is InChI=1S/C16H17Cl2NO3/c1-8-5-11(12(16(21)22)6-9(8)2)15(20)19-14-4-3-10(17)7-13(14)18/h3-4,7,11-12H,5-6H2,1-2H3,(H,19,20)(H,21,22)/p-1/t11-,12-/m0/s1. The number of halogens is 2. The molecule has 1 aliphatic rings. The molecular weight excluding hydrogens is 325 g/mol. The molecule has 4 nitrogen and oxygen atoms in total. The summed E-state index contributed by atoms with van der Waals surface area (Å²) in [6, 6.07) is 4.72. The van der Waals surface area contributed by atoms with Crippen molar-refractivity contribution in [3.8, 4) is 0 Å². The third kappa shape index (κ3) is 3.62. The Kier molecular flexibility index (Phi) is 5.14. The molecular formula is C16H16Cl2NO3-. The van der Waals surface area contributed by atoms with Crippen molar-refractivity contribution in [3.63, 3.8) is 0 Å². The molecule has 0 aromatic heterocycles. The van der Waals surface area contributed by atoms with Crippen LogP contribution in [0.3, 0.4) is 0 Å². The van der Waals surface area contributed by atoms with E-state index in [0.717, 1.165) is 11.1 Å². The van der Waals surface area contributed by atoms with E-state index >= 15 is 0 Å². The van der Waals surface area contributed by atoms with Gasteiger partial charge in [0.15, 0.2) is 0 Å². The van der Waals surface area contributed by atoms with E-state index < -0.39 is 17.8 Å². The van der Waals surface area contributed by atoms with E-state index in [2.05, 4.69) is 5.32 Å². The molecule has 1 aliphatic carbocycles. The number of carboxylic acid groups (broad SMARTS) is 1. The number of aliphatic carboxylic acids is 1. The van der Waals surface area contributed by atoms with Gasteiger partial charge in [0.1, 0.15) is 0 Å². The number of amides is 1. The zero-order chi connectivity index (χ0) is 16.4. The number of carbonyl (C=O) groups excluding carboxylic acids is 2. The molecule has 0 radical (unpaired) electrons. The maximum atomic E-state index is 12.5. The summed E-state index contributed by atoms with van der Waals surface area (Å²) >= 11 is 11.8. The van der Waals surface area contributed by atoms with Crippen molar-refractivity contribution in [2.75, 3.05) is 5.32 Å². The van der Waals surface area contributed by atoms with Crippen LogP contribution in [-0.2, 0) is 9.59 Å². The molecule has 0 saturated heterocycles. The van der Waals surface area contributed by atoms with Crippen molar-refractivity contribution in [2.45, 2.75) is 26.7 Å². The van der Waals surface area contributed by atoms with Crippen LogP contribution in [0.1, 0.15) is 26.7 Å². The Bertz CT molecular complexity index is 655. The molecule has 22 heavy (non-hydrogen) atoms. The van der Waals surface area contributed by atoms with Gasteiger partial charge in [-0.05, 0) is 44.9 Å². The van der Waals surface area contributed by atoms with Gasteiger partial charge >= 0.3 is 0 Å². The third-order valence-electron chi connectivity index (χ3n) is 4.09. The highest BCUT2D eigenvalue weighted by Crippen LogP contribution is 2.35. The maximum Gasteiger partial charge on any atom is 0.228 e. The minimum absolute atomic E-state index is 0.310. The summed E-state index contributed by atoms with van der Waals surface area (Å²) in [6.45, 7) is 3.80. The van der Waals surface area contributed by atoms with Gasteiger partial charge in [-0.15, -0.1) is 0 Å². The zero-order valence-electron chi connectivity index (χ0n) is 12.3. The largest absolute Gasteiger partial charge is 0.550 e. The van der Waals surface area contributed by atoms with E-state index in [-0.39, 0.29) is 5.91 Å². The van der Waals surface area contributed by atoms with Gasteiger partial charge in [-0.2, -0.15) is 0 Å². The first kappa shape index (κ1) is 16.8. The number of anilines is 1. The molecule has 0 heterocycles. The molecule has 1 aromatic carbocycles. The molecule has 2 atom stereocenters. The molecule has 0 aliphatic heterocycles. The highest BCUT2D eigenvalue weighted by atomic mass is 35.5. The highest BCUT2D eigenvalue weighted by Gasteiger charge is 2.33. The summed E-state index contributed by atoms with van der Waals surface area (Å²) in [7, 11) is 0. The normalized spacial score (nSPS) is 21.6. The van der Waals surface area contributed by atoms with Crippen LogP contribution in [-0.4, -0.2) is 11.9 Å². The van der Waals surface area contributed by atoms with E-state index in [1.807, 2.05) is 13.8 Å². The van der Waals surface area contributed by atoms with Crippen LogP contribution >= 0.6 is 23.2 Å². The summed E-state index contributed by atoms with van der Waals surface area (Å²) in [6.07, 6.45) is 0.738. The fourth-order valence-corrected chi connectivity index (χ4v) is 3.09. The van der Waals surface area contributed by atoms with E-state index in [1.165, 1.54) is 6.07 Å². The first-order valence-corrected chi connectivity index (χ1v) is 7.67.